The zero-order valence-corrected chi connectivity index (χ0v) is 10.1. The molecule has 0 radical (unpaired) electrons. The first-order chi connectivity index (χ1) is 8.25. The van der Waals surface area contributed by atoms with Gasteiger partial charge in [-0.2, -0.15) is 0 Å². The minimum atomic E-state index is 0.0523. The van der Waals surface area contributed by atoms with Gasteiger partial charge in [-0.3, -0.25) is 4.79 Å². The van der Waals surface area contributed by atoms with Gasteiger partial charge in [0.05, 0.1) is 13.2 Å². The molecule has 1 aliphatic heterocycles. The number of aryl methyl sites for hydroxylation is 1. The van der Waals surface area contributed by atoms with Crippen molar-refractivity contribution in [3.63, 3.8) is 0 Å². The molecule has 0 aliphatic carbocycles. The summed E-state index contributed by atoms with van der Waals surface area (Å²) in [7, 11) is 0. The Morgan fingerprint density at radius 2 is 1.88 bits per heavy atom. The number of hydrogen-bond acceptors (Lipinski definition) is 3. The predicted octanol–water partition coefficient (Wildman–Crippen LogP) is 2.02. The van der Waals surface area contributed by atoms with Gasteiger partial charge in [-0.25, -0.2) is 0 Å². The molecular formula is C14H17NO2. The lowest BCUT2D eigenvalue weighted by atomic mass is 10.1. The van der Waals surface area contributed by atoms with Crippen molar-refractivity contribution in [1.82, 2.24) is 4.90 Å². The number of hydrogen-bond donors (Lipinski definition) is 0. The van der Waals surface area contributed by atoms with E-state index in [1.165, 1.54) is 5.56 Å². The lowest BCUT2D eigenvalue weighted by Gasteiger charge is -2.24. The SMILES string of the molecule is Cc1ccc(C(=O)C=CN2CCOCC2)cc1. The van der Waals surface area contributed by atoms with Crippen LogP contribution in [-0.4, -0.2) is 37.0 Å². The molecule has 1 fully saturated rings. The quantitative estimate of drug-likeness (QED) is 0.589. The lowest BCUT2D eigenvalue weighted by Crippen LogP contribution is -2.32. The molecule has 0 amide bonds. The molecule has 1 aromatic rings. The van der Waals surface area contributed by atoms with Crippen LogP contribution in [-0.2, 0) is 4.74 Å². The average molecular weight is 231 g/mol. The molecule has 0 unspecified atom stereocenters. The molecule has 0 spiro atoms. The Morgan fingerprint density at radius 1 is 1.24 bits per heavy atom. The summed E-state index contributed by atoms with van der Waals surface area (Å²) < 4.78 is 5.24. The van der Waals surface area contributed by atoms with Crippen molar-refractivity contribution in [1.29, 1.82) is 0 Å². The standard InChI is InChI=1S/C14H17NO2/c1-12-2-4-13(5-3-12)14(16)6-7-15-8-10-17-11-9-15/h2-7H,8-11H2,1H3. The second-order valence-corrected chi connectivity index (χ2v) is 4.19. The fraction of sp³-hybridized carbons (Fsp3) is 0.357. The first kappa shape index (κ1) is 11.9. The van der Waals surface area contributed by atoms with Crippen LogP contribution in [0.5, 0.6) is 0 Å². The van der Waals surface area contributed by atoms with Crippen LogP contribution in [0.3, 0.4) is 0 Å². The molecule has 3 heteroatoms. The molecule has 2 rings (SSSR count). The average Bonchev–Trinajstić information content (AvgIpc) is 2.38. The van der Waals surface area contributed by atoms with Gasteiger partial charge in [0.1, 0.15) is 0 Å². The Bertz CT molecular complexity index is 403. The topological polar surface area (TPSA) is 29.5 Å². The highest BCUT2D eigenvalue weighted by atomic mass is 16.5. The summed E-state index contributed by atoms with van der Waals surface area (Å²) in [6, 6.07) is 7.63. The maximum Gasteiger partial charge on any atom is 0.187 e. The molecule has 1 heterocycles. The Morgan fingerprint density at radius 3 is 2.53 bits per heavy atom. The van der Waals surface area contributed by atoms with Crippen LogP contribution in [0, 0.1) is 6.92 Å². The molecule has 0 aromatic heterocycles. The third-order valence-corrected chi connectivity index (χ3v) is 2.82. The second-order valence-electron chi connectivity index (χ2n) is 4.19. The summed E-state index contributed by atoms with van der Waals surface area (Å²) in [5.74, 6) is 0.0523. The summed E-state index contributed by atoms with van der Waals surface area (Å²) in [4.78, 5) is 14.0. The van der Waals surface area contributed by atoms with E-state index in [1.54, 1.807) is 6.08 Å². The van der Waals surface area contributed by atoms with Gasteiger partial charge in [0.2, 0.25) is 0 Å². The fourth-order valence-corrected chi connectivity index (χ4v) is 1.71. The van der Waals surface area contributed by atoms with Crippen LogP contribution < -0.4 is 0 Å². The predicted molar refractivity (Wildman–Crippen MR) is 67.0 cm³/mol. The number of allylic oxidation sites excluding steroid dienone is 1. The molecule has 90 valence electrons. The van der Waals surface area contributed by atoms with Crippen molar-refractivity contribution in [2.45, 2.75) is 6.92 Å². The number of carbonyl (C=O) groups is 1. The Hall–Kier alpha value is -1.61. The maximum absolute atomic E-state index is 11.9. The van der Waals surface area contributed by atoms with E-state index in [-0.39, 0.29) is 5.78 Å². The molecule has 17 heavy (non-hydrogen) atoms. The van der Waals surface area contributed by atoms with Crippen LogP contribution in [0.4, 0.5) is 0 Å². The zero-order chi connectivity index (χ0) is 12.1. The van der Waals surface area contributed by atoms with Crippen LogP contribution in [0.25, 0.3) is 0 Å². The van der Waals surface area contributed by atoms with Crippen molar-refractivity contribution >= 4 is 5.78 Å². The van der Waals surface area contributed by atoms with Gasteiger partial charge in [-0.1, -0.05) is 29.8 Å². The Balaban J connectivity index is 1.96. The van der Waals surface area contributed by atoms with E-state index >= 15 is 0 Å². The van der Waals surface area contributed by atoms with E-state index in [0.717, 1.165) is 31.9 Å². The van der Waals surface area contributed by atoms with Crippen LogP contribution >= 0.6 is 0 Å². The maximum atomic E-state index is 11.9. The van der Waals surface area contributed by atoms with Crippen LogP contribution in [0.1, 0.15) is 15.9 Å². The minimum absolute atomic E-state index is 0.0523. The summed E-state index contributed by atoms with van der Waals surface area (Å²) in [6.45, 7) is 5.21. The smallest absolute Gasteiger partial charge is 0.187 e. The molecule has 0 saturated carbocycles. The molecule has 3 nitrogen and oxygen atoms in total. The van der Waals surface area contributed by atoms with Gasteiger partial charge in [0.25, 0.3) is 0 Å². The van der Waals surface area contributed by atoms with E-state index < -0.39 is 0 Å². The highest BCUT2D eigenvalue weighted by Crippen LogP contribution is 2.05. The van der Waals surface area contributed by atoms with E-state index in [2.05, 4.69) is 4.90 Å². The third-order valence-electron chi connectivity index (χ3n) is 2.82. The fourth-order valence-electron chi connectivity index (χ4n) is 1.71. The van der Waals surface area contributed by atoms with E-state index in [0.29, 0.717) is 0 Å². The molecular weight excluding hydrogens is 214 g/mol. The van der Waals surface area contributed by atoms with Crippen molar-refractivity contribution in [2.24, 2.45) is 0 Å². The van der Waals surface area contributed by atoms with Gasteiger partial charge in [-0.05, 0) is 6.92 Å². The van der Waals surface area contributed by atoms with E-state index in [1.807, 2.05) is 37.4 Å². The van der Waals surface area contributed by atoms with Gasteiger partial charge in [0, 0.05) is 30.9 Å². The number of morpholine rings is 1. The van der Waals surface area contributed by atoms with Crippen molar-refractivity contribution < 1.29 is 9.53 Å². The first-order valence-corrected chi connectivity index (χ1v) is 5.87. The largest absolute Gasteiger partial charge is 0.378 e. The summed E-state index contributed by atoms with van der Waals surface area (Å²) in [6.07, 6.45) is 3.50. The highest BCUT2D eigenvalue weighted by Gasteiger charge is 2.06. The summed E-state index contributed by atoms with van der Waals surface area (Å²) >= 11 is 0. The van der Waals surface area contributed by atoms with Crippen molar-refractivity contribution in [3.05, 3.63) is 47.7 Å². The number of ketones is 1. The third kappa shape index (κ3) is 3.43. The summed E-state index contributed by atoms with van der Waals surface area (Å²) in [5.41, 5.74) is 1.90. The molecule has 0 bridgehead atoms. The number of rotatable bonds is 3. The number of nitrogens with zero attached hydrogens (tertiary/aromatic N) is 1. The van der Waals surface area contributed by atoms with E-state index in [9.17, 15) is 4.79 Å². The molecule has 1 aliphatic rings. The van der Waals surface area contributed by atoms with E-state index in [4.69, 9.17) is 4.74 Å². The molecule has 1 saturated heterocycles. The van der Waals surface area contributed by atoms with Gasteiger partial charge < -0.3 is 9.64 Å². The van der Waals surface area contributed by atoms with Crippen LogP contribution in [0.15, 0.2) is 36.5 Å². The molecule has 0 atom stereocenters. The monoisotopic (exact) mass is 231 g/mol. The van der Waals surface area contributed by atoms with Gasteiger partial charge >= 0.3 is 0 Å². The minimum Gasteiger partial charge on any atom is -0.378 e. The number of carbonyl (C=O) groups excluding carboxylic acids is 1. The van der Waals surface area contributed by atoms with Gasteiger partial charge in [-0.15, -0.1) is 0 Å². The second kappa shape index (κ2) is 5.64. The number of ether oxygens (including phenoxy) is 1. The first-order valence-electron chi connectivity index (χ1n) is 5.87. The highest BCUT2D eigenvalue weighted by molar-refractivity contribution is 6.04. The van der Waals surface area contributed by atoms with Crippen molar-refractivity contribution in [2.75, 3.05) is 26.3 Å². The van der Waals surface area contributed by atoms with Crippen LogP contribution in [0.2, 0.25) is 0 Å². The number of benzene rings is 1. The van der Waals surface area contributed by atoms with Crippen molar-refractivity contribution in [3.8, 4) is 0 Å². The Labute approximate surface area is 102 Å². The normalized spacial score (nSPS) is 16.4. The molecule has 1 aromatic carbocycles. The molecule has 0 N–H and O–H groups in total. The Kier molecular flexibility index (Phi) is 3.94. The summed E-state index contributed by atoms with van der Waals surface area (Å²) in [5, 5.41) is 0. The lowest BCUT2D eigenvalue weighted by molar-refractivity contribution is 0.0591. The van der Waals surface area contributed by atoms with Gasteiger partial charge in [0.15, 0.2) is 5.78 Å². The zero-order valence-electron chi connectivity index (χ0n) is 10.1.